The number of halogens is 2. The number of nitrogens with zero attached hydrogens (tertiary/aromatic N) is 2. The molecule has 0 aliphatic rings. The van der Waals surface area contributed by atoms with Crippen molar-refractivity contribution in [1.29, 1.82) is 0 Å². The quantitative estimate of drug-likeness (QED) is 0.671. The molecule has 0 amide bonds. The average molecular weight is 354 g/mol. The molecule has 2 heterocycles. The van der Waals surface area contributed by atoms with Crippen molar-refractivity contribution in [2.24, 2.45) is 0 Å². The first-order valence-electron chi connectivity index (χ1n) is 7.66. The summed E-state index contributed by atoms with van der Waals surface area (Å²) in [5, 5.41) is 2.68. The molecular formula is C18H25Cl2N3. The highest BCUT2D eigenvalue weighted by Gasteiger charge is 2.11. The Balaban J connectivity index is 0.00000132. The van der Waals surface area contributed by atoms with E-state index < -0.39 is 0 Å². The third-order valence-corrected chi connectivity index (χ3v) is 4.10. The molecule has 0 spiro atoms. The van der Waals surface area contributed by atoms with Crippen molar-refractivity contribution in [2.45, 2.75) is 26.2 Å². The van der Waals surface area contributed by atoms with Crippen molar-refractivity contribution in [1.82, 2.24) is 14.9 Å². The number of hydrogen-bond acceptors (Lipinski definition) is 2. The predicted molar refractivity (Wildman–Crippen MR) is 104 cm³/mol. The molecule has 5 heteroatoms. The van der Waals surface area contributed by atoms with E-state index in [9.17, 15) is 0 Å². The lowest BCUT2D eigenvalue weighted by Gasteiger charge is -2.09. The minimum absolute atomic E-state index is 0. The summed E-state index contributed by atoms with van der Waals surface area (Å²) in [5.74, 6) is 0. The Morgan fingerprint density at radius 3 is 2.57 bits per heavy atom. The van der Waals surface area contributed by atoms with Gasteiger partial charge in [-0.2, -0.15) is 0 Å². The smallest absolute Gasteiger partial charge is 0.0683 e. The first kappa shape index (κ1) is 19.8. The van der Waals surface area contributed by atoms with Gasteiger partial charge in [0.25, 0.3) is 0 Å². The zero-order valence-corrected chi connectivity index (χ0v) is 15.6. The highest BCUT2D eigenvalue weighted by molar-refractivity contribution is 6.09. The monoisotopic (exact) mass is 353 g/mol. The highest BCUT2D eigenvalue weighted by Crippen LogP contribution is 2.30. The van der Waals surface area contributed by atoms with Crippen LogP contribution in [0.5, 0.6) is 0 Å². The molecule has 0 radical (unpaired) electrons. The van der Waals surface area contributed by atoms with Crippen LogP contribution in [0.2, 0.25) is 0 Å². The molecule has 2 aromatic heterocycles. The van der Waals surface area contributed by atoms with Gasteiger partial charge in [-0.1, -0.05) is 18.2 Å². The van der Waals surface area contributed by atoms with Gasteiger partial charge >= 0.3 is 0 Å². The molecule has 0 aliphatic heterocycles. The van der Waals surface area contributed by atoms with E-state index in [1.54, 1.807) is 0 Å². The summed E-state index contributed by atoms with van der Waals surface area (Å²) in [4.78, 5) is 10.3. The highest BCUT2D eigenvalue weighted by atomic mass is 35.5. The lowest BCUT2D eigenvalue weighted by Crippen LogP contribution is -2.12. The normalized spacial score (nSPS) is 10.8. The van der Waals surface area contributed by atoms with Crippen molar-refractivity contribution in [3.63, 3.8) is 0 Å². The second-order valence-corrected chi connectivity index (χ2v) is 6.05. The fourth-order valence-electron chi connectivity index (χ4n) is 2.98. The van der Waals surface area contributed by atoms with Crippen molar-refractivity contribution in [3.8, 4) is 0 Å². The van der Waals surface area contributed by atoms with Crippen molar-refractivity contribution in [3.05, 3.63) is 41.7 Å². The zero-order chi connectivity index (χ0) is 14.8. The first-order valence-corrected chi connectivity index (χ1v) is 7.66. The van der Waals surface area contributed by atoms with Crippen LogP contribution in [0.1, 0.15) is 24.1 Å². The SMILES string of the molecule is Cc1ncc(CCCCN(C)C)c2c1[nH]c1ccccc12.Cl.Cl. The number of aryl methyl sites for hydroxylation is 2. The van der Waals surface area contributed by atoms with E-state index >= 15 is 0 Å². The Morgan fingerprint density at radius 1 is 1.09 bits per heavy atom. The molecule has 23 heavy (non-hydrogen) atoms. The van der Waals surface area contributed by atoms with Crippen LogP contribution >= 0.6 is 24.8 Å². The van der Waals surface area contributed by atoms with Crippen molar-refractivity contribution in [2.75, 3.05) is 20.6 Å². The van der Waals surface area contributed by atoms with E-state index in [2.05, 4.69) is 66.3 Å². The standard InChI is InChI=1S/C18H23N3.2ClH/c1-13-18-17(15-9-4-5-10-16(15)20-18)14(12-19-13)8-6-7-11-21(2)3;;/h4-5,9-10,12,20H,6-8,11H2,1-3H3;2*1H. The van der Waals surface area contributed by atoms with Gasteiger partial charge in [-0.25, -0.2) is 0 Å². The topological polar surface area (TPSA) is 31.9 Å². The Bertz CT molecular complexity index is 765. The molecule has 0 saturated heterocycles. The van der Waals surface area contributed by atoms with Gasteiger partial charge in [-0.15, -0.1) is 24.8 Å². The molecule has 3 rings (SSSR count). The summed E-state index contributed by atoms with van der Waals surface area (Å²) in [6.45, 7) is 3.23. The number of hydrogen-bond donors (Lipinski definition) is 1. The van der Waals surface area contributed by atoms with E-state index in [1.807, 2.05) is 0 Å². The fraction of sp³-hybridized carbons (Fsp3) is 0.389. The summed E-state index contributed by atoms with van der Waals surface area (Å²) in [5.41, 5.74) is 4.85. The van der Waals surface area contributed by atoms with Crippen LogP contribution in [0.25, 0.3) is 21.8 Å². The summed E-state index contributed by atoms with van der Waals surface area (Å²) in [6, 6.07) is 8.54. The minimum Gasteiger partial charge on any atom is -0.353 e. The molecular weight excluding hydrogens is 329 g/mol. The second-order valence-electron chi connectivity index (χ2n) is 6.05. The summed E-state index contributed by atoms with van der Waals surface area (Å²) in [6.07, 6.45) is 5.59. The molecule has 0 fully saturated rings. The molecule has 0 saturated carbocycles. The van der Waals surface area contributed by atoms with Crippen LogP contribution in [0.15, 0.2) is 30.5 Å². The van der Waals surface area contributed by atoms with Gasteiger partial charge in [0.2, 0.25) is 0 Å². The second kappa shape index (κ2) is 8.53. The van der Waals surface area contributed by atoms with Crippen LogP contribution in [-0.2, 0) is 6.42 Å². The van der Waals surface area contributed by atoms with E-state index in [-0.39, 0.29) is 24.8 Å². The molecule has 3 aromatic rings. The number of aromatic nitrogens is 2. The molecule has 0 unspecified atom stereocenters. The molecule has 0 atom stereocenters. The molecule has 0 aliphatic carbocycles. The lowest BCUT2D eigenvalue weighted by atomic mass is 10.0. The van der Waals surface area contributed by atoms with Gasteiger partial charge in [0.15, 0.2) is 0 Å². The van der Waals surface area contributed by atoms with Crippen LogP contribution in [0.4, 0.5) is 0 Å². The number of nitrogens with one attached hydrogen (secondary N) is 1. The Labute approximate surface area is 150 Å². The number of pyridine rings is 1. The minimum atomic E-state index is 0. The number of fused-ring (bicyclic) bond motifs is 3. The van der Waals surface area contributed by atoms with E-state index in [0.717, 1.165) is 18.7 Å². The van der Waals surface area contributed by atoms with Gasteiger partial charge in [-0.05, 0) is 58.5 Å². The van der Waals surface area contributed by atoms with E-state index in [4.69, 9.17) is 0 Å². The van der Waals surface area contributed by atoms with Gasteiger partial charge in [0, 0.05) is 22.5 Å². The van der Waals surface area contributed by atoms with Crippen LogP contribution in [0.3, 0.4) is 0 Å². The lowest BCUT2D eigenvalue weighted by molar-refractivity contribution is 0.394. The Kier molecular flexibility index (Phi) is 7.33. The van der Waals surface area contributed by atoms with Crippen LogP contribution in [0, 0.1) is 6.92 Å². The van der Waals surface area contributed by atoms with E-state index in [1.165, 1.54) is 40.2 Å². The predicted octanol–water partition coefficient (Wildman–Crippen LogP) is 4.75. The molecule has 1 N–H and O–H groups in total. The fourth-order valence-corrected chi connectivity index (χ4v) is 2.98. The number of para-hydroxylation sites is 1. The number of rotatable bonds is 5. The maximum Gasteiger partial charge on any atom is 0.0683 e. The molecule has 126 valence electrons. The third-order valence-electron chi connectivity index (χ3n) is 4.10. The largest absolute Gasteiger partial charge is 0.353 e. The number of unbranched alkanes of at least 4 members (excludes halogenated alkanes) is 1. The van der Waals surface area contributed by atoms with Gasteiger partial charge in [-0.3, -0.25) is 4.98 Å². The third kappa shape index (κ3) is 4.17. The maximum atomic E-state index is 4.57. The summed E-state index contributed by atoms with van der Waals surface area (Å²) >= 11 is 0. The summed E-state index contributed by atoms with van der Waals surface area (Å²) < 4.78 is 0. The van der Waals surface area contributed by atoms with E-state index in [0.29, 0.717) is 0 Å². The number of H-pyrrole nitrogens is 1. The van der Waals surface area contributed by atoms with Gasteiger partial charge < -0.3 is 9.88 Å². The summed E-state index contributed by atoms with van der Waals surface area (Å²) in [7, 11) is 4.26. The number of aromatic amines is 1. The van der Waals surface area contributed by atoms with Gasteiger partial charge in [0.1, 0.15) is 0 Å². The molecule has 1 aromatic carbocycles. The zero-order valence-electron chi connectivity index (χ0n) is 13.9. The first-order chi connectivity index (χ1) is 10.2. The van der Waals surface area contributed by atoms with Crippen molar-refractivity contribution >= 4 is 46.6 Å². The van der Waals surface area contributed by atoms with Gasteiger partial charge in [0.05, 0.1) is 11.2 Å². The Hall–Kier alpha value is -1.29. The van der Waals surface area contributed by atoms with Crippen molar-refractivity contribution < 1.29 is 0 Å². The molecule has 0 bridgehead atoms. The Morgan fingerprint density at radius 2 is 1.83 bits per heavy atom. The van der Waals surface area contributed by atoms with Crippen LogP contribution in [-0.4, -0.2) is 35.5 Å². The van der Waals surface area contributed by atoms with Crippen LogP contribution < -0.4 is 0 Å². The number of benzene rings is 1. The average Bonchev–Trinajstić information content (AvgIpc) is 2.86. The maximum absolute atomic E-state index is 4.57. The molecule has 3 nitrogen and oxygen atoms in total.